The van der Waals surface area contributed by atoms with E-state index in [0.29, 0.717) is 0 Å². The molecular weight excluding hydrogens is 300 g/mol. The minimum absolute atomic E-state index is 0.830. The first-order valence-electron chi connectivity index (χ1n) is 7.65. The smallest absolute Gasteiger partial charge is 0.142 e. The topological polar surface area (TPSA) is 61.4 Å². The van der Waals surface area contributed by atoms with Gasteiger partial charge in [0.05, 0.1) is 5.69 Å². The SMILES string of the molecule is Cc1ccc(-c2cnc(-n3cnnc3)c(C)c2)c(-n2cccn2)c1. The van der Waals surface area contributed by atoms with E-state index < -0.39 is 0 Å². The number of benzene rings is 1. The van der Waals surface area contributed by atoms with Gasteiger partial charge in [-0.15, -0.1) is 10.2 Å². The van der Waals surface area contributed by atoms with Crippen molar-refractivity contribution in [3.05, 3.63) is 72.7 Å². The van der Waals surface area contributed by atoms with E-state index in [-0.39, 0.29) is 0 Å². The number of rotatable bonds is 3. The Morgan fingerprint density at radius 1 is 1.00 bits per heavy atom. The van der Waals surface area contributed by atoms with Gasteiger partial charge in [-0.1, -0.05) is 12.1 Å². The highest BCUT2D eigenvalue weighted by Crippen LogP contribution is 2.28. The lowest BCUT2D eigenvalue weighted by Gasteiger charge is -2.13. The van der Waals surface area contributed by atoms with Gasteiger partial charge in [0.1, 0.15) is 18.5 Å². The third-order valence-electron chi connectivity index (χ3n) is 3.93. The van der Waals surface area contributed by atoms with Crippen molar-refractivity contribution in [1.29, 1.82) is 0 Å². The van der Waals surface area contributed by atoms with Crippen molar-refractivity contribution in [2.75, 3.05) is 0 Å². The van der Waals surface area contributed by atoms with Gasteiger partial charge >= 0.3 is 0 Å². The van der Waals surface area contributed by atoms with Crippen LogP contribution < -0.4 is 0 Å². The van der Waals surface area contributed by atoms with Crippen molar-refractivity contribution in [3.63, 3.8) is 0 Å². The molecule has 24 heavy (non-hydrogen) atoms. The van der Waals surface area contributed by atoms with Crippen LogP contribution in [0.3, 0.4) is 0 Å². The van der Waals surface area contributed by atoms with Gasteiger partial charge < -0.3 is 0 Å². The minimum atomic E-state index is 0.830. The first-order chi connectivity index (χ1) is 11.7. The Morgan fingerprint density at radius 2 is 1.83 bits per heavy atom. The van der Waals surface area contributed by atoms with E-state index in [1.807, 2.05) is 34.6 Å². The van der Waals surface area contributed by atoms with Crippen molar-refractivity contribution in [1.82, 2.24) is 29.5 Å². The highest BCUT2D eigenvalue weighted by Gasteiger charge is 2.11. The van der Waals surface area contributed by atoms with Crippen LogP contribution in [0.2, 0.25) is 0 Å². The molecule has 0 amide bonds. The Labute approximate surface area is 139 Å². The summed E-state index contributed by atoms with van der Waals surface area (Å²) in [5.41, 5.74) is 5.43. The number of aryl methyl sites for hydroxylation is 2. The molecule has 3 aromatic heterocycles. The van der Waals surface area contributed by atoms with Crippen molar-refractivity contribution in [2.24, 2.45) is 0 Å². The molecule has 0 fully saturated rings. The predicted molar refractivity (Wildman–Crippen MR) is 91.2 cm³/mol. The third-order valence-corrected chi connectivity index (χ3v) is 3.93. The zero-order valence-electron chi connectivity index (χ0n) is 13.5. The summed E-state index contributed by atoms with van der Waals surface area (Å²) in [7, 11) is 0. The van der Waals surface area contributed by atoms with Crippen LogP contribution in [0.1, 0.15) is 11.1 Å². The molecular formula is C18H16N6. The molecule has 1 aromatic carbocycles. The van der Waals surface area contributed by atoms with E-state index >= 15 is 0 Å². The Kier molecular flexibility index (Phi) is 3.42. The summed E-state index contributed by atoms with van der Waals surface area (Å²) in [4.78, 5) is 4.60. The summed E-state index contributed by atoms with van der Waals surface area (Å²) < 4.78 is 3.69. The second kappa shape index (κ2) is 5.73. The lowest BCUT2D eigenvalue weighted by Crippen LogP contribution is -2.01. The van der Waals surface area contributed by atoms with Crippen molar-refractivity contribution >= 4 is 0 Å². The first kappa shape index (κ1) is 14.3. The normalized spacial score (nSPS) is 10.9. The van der Waals surface area contributed by atoms with E-state index in [4.69, 9.17) is 0 Å². The van der Waals surface area contributed by atoms with Gasteiger partial charge in [-0.3, -0.25) is 4.57 Å². The maximum atomic E-state index is 4.60. The fourth-order valence-electron chi connectivity index (χ4n) is 2.78. The summed E-state index contributed by atoms with van der Waals surface area (Å²) in [6, 6.07) is 10.4. The van der Waals surface area contributed by atoms with Crippen LogP contribution in [0.15, 0.2) is 61.6 Å². The maximum absolute atomic E-state index is 4.60. The summed E-state index contributed by atoms with van der Waals surface area (Å²) in [5, 5.41) is 12.0. The molecule has 0 atom stereocenters. The Balaban J connectivity index is 1.84. The average molecular weight is 316 g/mol. The van der Waals surface area contributed by atoms with Gasteiger partial charge in [0.2, 0.25) is 0 Å². The molecule has 4 aromatic rings. The van der Waals surface area contributed by atoms with Crippen LogP contribution in [0.4, 0.5) is 0 Å². The lowest BCUT2D eigenvalue weighted by atomic mass is 10.0. The zero-order valence-corrected chi connectivity index (χ0v) is 13.5. The monoisotopic (exact) mass is 316 g/mol. The molecule has 4 rings (SSSR count). The second-order valence-electron chi connectivity index (χ2n) is 5.70. The Bertz CT molecular complexity index is 971. The average Bonchev–Trinajstić information content (AvgIpc) is 3.28. The molecule has 0 aliphatic rings. The van der Waals surface area contributed by atoms with Gasteiger partial charge in [-0.05, 0) is 43.2 Å². The first-order valence-corrected chi connectivity index (χ1v) is 7.65. The van der Waals surface area contributed by atoms with Crippen molar-refractivity contribution < 1.29 is 0 Å². The molecule has 0 unspecified atom stereocenters. The highest BCUT2D eigenvalue weighted by molar-refractivity contribution is 5.73. The summed E-state index contributed by atoms with van der Waals surface area (Å²) in [6.07, 6.45) is 8.90. The number of hydrogen-bond donors (Lipinski definition) is 0. The van der Waals surface area contributed by atoms with E-state index in [0.717, 1.165) is 28.2 Å². The summed E-state index contributed by atoms with van der Waals surface area (Å²) in [6.45, 7) is 4.11. The molecule has 3 heterocycles. The minimum Gasteiger partial charge on any atom is -0.272 e. The second-order valence-corrected chi connectivity index (χ2v) is 5.70. The molecule has 6 heteroatoms. The molecule has 0 radical (unpaired) electrons. The molecule has 0 N–H and O–H groups in total. The molecule has 6 nitrogen and oxygen atoms in total. The van der Waals surface area contributed by atoms with Crippen molar-refractivity contribution in [2.45, 2.75) is 13.8 Å². The third kappa shape index (κ3) is 2.48. The van der Waals surface area contributed by atoms with Crippen molar-refractivity contribution in [3.8, 4) is 22.6 Å². The molecule has 0 spiro atoms. The van der Waals surface area contributed by atoms with E-state index in [1.165, 1.54) is 5.56 Å². The number of aromatic nitrogens is 6. The van der Waals surface area contributed by atoms with Crippen LogP contribution in [-0.4, -0.2) is 29.5 Å². The standard InChI is InChI=1S/C18H16N6/c1-13-4-5-16(17(8-13)24-7-3-6-22-24)15-9-14(2)18(19-10-15)23-11-20-21-12-23/h3-12H,1-2H3. The van der Waals surface area contributed by atoms with Gasteiger partial charge in [0.15, 0.2) is 0 Å². The summed E-state index contributed by atoms with van der Waals surface area (Å²) >= 11 is 0. The van der Waals surface area contributed by atoms with Crippen LogP contribution in [-0.2, 0) is 0 Å². The molecule has 0 bridgehead atoms. The van der Waals surface area contributed by atoms with E-state index in [9.17, 15) is 0 Å². The van der Waals surface area contributed by atoms with Crippen LogP contribution in [0, 0.1) is 13.8 Å². The Hall–Kier alpha value is -3.28. The molecule has 0 saturated heterocycles. The molecule has 0 saturated carbocycles. The number of hydrogen-bond acceptors (Lipinski definition) is 4. The Morgan fingerprint density at radius 3 is 2.54 bits per heavy atom. The number of nitrogens with zero attached hydrogens (tertiary/aromatic N) is 6. The van der Waals surface area contributed by atoms with Gasteiger partial charge in [-0.2, -0.15) is 5.10 Å². The highest BCUT2D eigenvalue weighted by atomic mass is 15.3. The molecule has 118 valence electrons. The van der Waals surface area contributed by atoms with Crippen LogP contribution in [0.5, 0.6) is 0 Å². The fraction of sp³-hybridized carbons (Fsp3) is 0.111. The summed E-state index contributed by atoms with van der Waals surface area (Å²) in [5.74, 6) is 0.830. The van der Waals surface area contributed by atoms with Gasteiger partial charge in [0.25, 0.3) is 0 Å². The van der Waals surface area contributed by atoms with Crippen LogP contribution in [0.25, 0.3) is 22.6 Å². The maximum Gasteiger partial charge on any atom is 0.142 e. The van der Waals surface area contributed by atoms with Crippen LogP contribution >= 0.6 is 0 Å². The fourth-order valence-corrected chi connectivity index (χ4v) is 2.78. The van der Waals surface area contributed by atoms with Gasteiger partial charge in [0, 0.05) is 29.7 Å². The van der Waals surface area contributed by atoms with E-state index in [2.05, 4.69) is 51.5 Å². The molecule has 0 aliphatic heterocycles. The number of pyridine rings is 1. The van der Waals surface area contributed by atoms with Gasteiger partial charge in [-0.25, -0.2) is 9.67 Å². The van der Waals surface area contributed by atoms with E-state index in [1.54, 1.807) is 18.9 Å². The quantitative estimate of drug-likeness (QED) is 0.582. The lowest BCUT2D eigenvalue weighted by molar-refractivity contribution is 0.880. The largest absolute Gasteiger partial charge is 0.272 e. The molecule has 0 aliphatic carbocycles. The predicted octanol–water partition coefficient (Wildman–Crippen LogP) is 3.13. The zero-order chi connectivity index (χ0) is 16.5.